The van der Waals surface area contributed by atoms with E-state index in [0.29, 0.717) is 35.7 Å². The smallest absolute Gasteiger partial charge is 0.328 e. The molecule has 33 heavy (non-hydrogen) atoms. The van der Waals surface area contributed by atoms with Gasteiger partial charge in [0.25, 0.3) is 5.56 Å². The third kappa shape index (κ3) is 3.45. The van der Waals surface area contributed by atoms with Gasteiger partial charge in [0.15, 0.2) is 0 Å². The Labute approximate surface area is 195 Å². The van der Waals surface area contributed by atoms with Gasteiger partial charge >= 0.3 is 5.69 Å². The van der Waals surface area contributed by atoms with Gasteiger partial charge in [0.2, 0.25) is 0 Å². The van der Waals surface area contributed by atoms with Gasteiger partial charge in [-0.15, -0.1) is 12.4 Å². The molecule has 3 N–H and O–H groups in total. The summed E-state index contributed by atoms with van der Waals surface area (Å²) in [7, 11) is 1.72. The van der Waals surface area contributed by atoms with E-state index in [0.717, 1.165) is 36.2 Å². The second kappa shape index (κ2) is 8.35. The number of nitrogens with zero attached hydrogens (tertiary/aromatic N) is 2. The van der Waals surface area contributed by atoms with Crippen molar-refractivity contribution in [3.05, 3.63) is 68.6 Å². The third-order valence-electron chi connectivity index (χ3n) is 7.28. The fourth-order valence-electron chi connectivity index (χ4n) is 5.76. The number of aromatic nitrogens is 4. The van der Waals surface area contributed by atoms with Gasteiger partial charge in [-0.3, -0.25) is 9.36 Å². The van der Waals surface area contributed by atoms with Crippen molar-refractivity contribution in [1.29, 1.82) is 0 Å². The monoisotopic (exact) mass is 467 g/mol. The van der Waals surface area contributed by atoms with Crippen LogP contribution in [-0.2, 0) is 13.0 Å². The highest BCUT2D eigenvalue weighted by Gasteiger charge is 2.40. The van der Waals surface area contributed by atoms with Crippen molar-refractivity contribution in [1.82, 2.24) is 24.8 Å². The first-order valence-electron chi connectivity index (χ1n) is 11.1. The molecule has 9 heteroatoms. The lowest BCUT2D eigenvalue weighted by Crippen LogP contribution is -2.38. The summed E-state index contributed by atoms with van der Waals surface area (Å²) in [6.07, 6.45) is 4.44. The zero-order valence-corrected chi connectivity index (χ0v) is 19.1. The van der Waals surface area contributed by atoms with Crippen LogP contribution in [0.1, 0.15) is 29.9 Å². The Morgan fingerprint density at radius 2 is 2.09 bits per heavy atom. The SMILES string of the molecule is COc1cccc2c1CC[C@H]1CNC(CCn3c(=O)[nH]c4cc5nc[nH]c5cc4c3=O)[C@@H]21.Cl. The lowest BCUT2D eigenvalue weighted by Gasteiger charge is -2.32. The van der Waals surface area contributed by atoms with E-state index >= 15 is 0 Å². The van der Waals surface area contributed by atoms with Gasteiger partial charge in [0, 0.05) is 18.5 Å². The highest BCUT2D eigenvalue weighted by Crippen LogP contribution is 2.45. The maximum Gasteiger partial charge on any atom is 0.328 e. The van der Waals surface area contributed by atoms with E-state index in [1.807, 2.05) is 6.07 Å². The van der Waals surface area contributed by atoms with Crippen molar-refractivity contribution in [2.75, 3.05) is 13.7 Å². The van der Waals surface area contributed by atoms with E-state index in [-0.39, 0.29) is 29.7 Å². The first-order valence-corrected chi connectivity index (χ1v) is 11.1. The Balaban J connectivity index is 0.00000228. The van der Waals surface area contributed by atoms with Gasteiger partial charge in [-0.2, -0.15) is 0 Å². The molecule has 0 saturated carbocycles. The van der Waals surface area contributed by atoms with Gasteiger partial charge in [-0.05, 0) is 61.1 Å². The molecule has 0 spiro atoms. The zero-order valence-electron chi connectivity index (χ0n) is 18.3. The van der Waals surface area contributed by atoms with Crippen LogP contribution in [0.25, 0.3) is 21.9 Å². The largest absolute Gasteiger partial charge is 0.496 e. The molecule has 1 unspecified atom stereocenters. The van der Waals surface area contributed by atoms with Gasteiger partial charge in [0.05, 0.1) is 35.4 Å². The number of halogens is 1. The molecule has 0 bridgehead atoms. The Morgan fingerprint density at radius 3 is 2.94 bits per heavy atom. The van der Waals surface area contributed by atoms with Crippen LogP contribution in [-0.4, -0.2) is 39.2 Å². The summed E-state index contributed by atoms with van der Waals surface area (Å²) in [6, 6.07) is 10.0. The molecule has 0 amide bonds. The third-order valence-corrected chi connectivity index (χ3v) is 7.28. The Hall–Kier alpha value is -3.10. The highest BCUT2D eigenvalue weighted by atomic mass is 35.5. The number of nitrogens with one attached hydrogen (secondary N) is 3. The van der Waals surface area contributed by atoms with Crippen LogP contribution < -0.4 is 21.3 Å². The number of methoxy groups -OCH3 is 1. The van der Waals surface area contributed by atoms with E-state index in [4.69, 9.17) is 4.74 Å². The Bertz CT molecular complexity index is 1460. The number of H-pyrrole nitrogens is 2. The summed E-state index contributed by atoms with van der Waals surface area (Å²) in [5.74, 6) is 1.90. The van der Waals surface area contributed by atoms with Crippen molar-refractivity contribution < 1.29 is 4.74 Å². The van der Waals surface area contributed by atoms with Crippen molar-refractivity contribution in [3.8, 4) is 5.75 Å². The number of rotatable bonds is 4. The number of fused-ring (bicyclic) bond motifs is 5. The lowest BCUT2D eigenvalue weighted by molar-refractivity contribution is 0.371. The molecule has 1 aliphatic carbocycles. The molecule has 8 nitrogen and oxygen atoms in total. The minimum absolute atomic E-state index is 0. The van der Waals surface area contributed by atoms with Crippen molar-refractivity contribution in [2.45, 2.75) is 37.8 Å². The van der Waals surface area contributed by atoms with Crippen LogP contribution in [0.4, 0.5) is 0 Å². The summed E-state index contributed by atoms with van der Waals surface area (Å²) in [6.45, 7) is 1.33. The number of hydrogen-bond donors (Lipinski definition) is 3. The molecule has 3 atom stereocenters. The summed E-state index contributed by atoms with van der Waals surface area (Å²) >= 11 is 0. The van der Waals surface area contributed by atoms with Crippen molar-refractivity contribution in [3.63, 3.8) is 0 Å². The van der Waals surface area contributed by atoms with E-state index in [2.05, 4.69) is 32.4 Å². The molecule has 1 fully saturated rings. The maximum atomic E-state index is 13.2. The quantitative estimate of drug-likeness (QED) is 0.428. The molecule has 0 radical (unpaired) electrons. The number of benzene rings is 2. The van der Waals surface area contributed by atoms with Crippen LogP contribution in [0.3, 0.4) is 0 Å². The Morgan fingerprint density at radius 1 is 1.21 bits per heavy atom. The van der Waals surface area contributed by atoms with Crippen LogP contribution in [0, 0.1) is 5.92 Å². The normalized spacial score (nSPS) is 21.5. The summed E-state index contributed by atoms with van der Waals surface area (Å²) < 4.78 is 6.93. The molecule has 1 saturated heterocycles. The zero-order chi connectivity index (χ0) is 21.8. The van der Waals surface area contributed by atoms with Gasteiger partial charge in [-0.25, -0.2) is 9.78 Å². The fourth-order valence-corrected chi connectivity index (χ4v) is 5.76. The molecule has 172 valence electrons. The number of imidazole rings is 1. The second-order valence-corrected chi connectivity index (χ2v) is 8.86. The van der Waals surface area contributed by atoms with Crippen LogP contribution in [0.2, 0.25) is 0 Å². The van der Waals surface area contributed by atoms with Crippen LogP contribution >= 0.6 is 12.4 Å². The van der Waals surface area contributed by atoms with Crippen molar-refractivity contribution in [2.24, 2.45) is 5.92 Å². The average molecular weight is 468 g/mol. The van der Waals surface area contributed by atoms with E-state index in [9.17, 15) is 9.59 Å². The minimum Gasteiger partial charge on any atom is -0.496 e. The molecule has 3 heterocycles. The Kier molecular flexibility index (Phi) is 5.50. The number of ether oxygens (including phenoxy) is 1. The predicted molar refractivity (Wildman–Crippen MR) is 130 cm³/mol. The maximum absolute atomic E-state index is 13.2. The molecule has 1 aliphatic heterocycles. The van der Waals surface area contributed by atoms with Crippen LogP contribution in [0.5, 0.6) is 5.75 Å². The second-order valence-electron chi connectivity index (χ2n) is 8.86. The molecular formula is C24H26ClN5O3. The van der Waals surface area contributed by atoms with E-state index < -0.39 is 0 Å². The highest BCUT2D eigenvalue weighted by molar-refractivity contribution is 5.92. The van der Waals surface area contributed by atoms with Gasteiger partial charge < -0.3 is 20.0 Å². The molecule has 6 rings (SSSR count). The van der Waals surface area contributed by atoms with E-state index in [1.54, 1.807) is 25.6 Å². The molecule has 2 aliphatic rings. The van der Waals surface area contributed by atoms with Gasteiger partial charge in [-0.1, -0.05) is 12.1 Å². The minimum atomic E-state index is -0.377. The number of aromatic amines is 2. The number of hydrogen-bond acceptors (Lipinski definition) is 5. The topological polar surface area (TPSA) is 105 Å². The average Bonchev–Trinajstić information content (AvgIpc) is 3.44. The molecule has 2 aromatic heterocycles. The molecule has 2 aromatic carbocycles. The van der Waals surface area contributed by atoms with E-state index in [1.165, 1.54) is 15.7 Å². The summed E-state index contributed by atoms with van der Waals surface area (Å²) in [4.78, 5) is 36.0. The van der Waals surface area contributed by atoms with Crippen molar-refractivity contribution >= 4 is 34.3 Å². The summed E-state index contributed by atoms with van der Waals surface area (Å²) in [5.41, 5.74) is 4.02. The predicted octanol–water partition coefficient (Wildman–Crippen LogP) is 2.70. The molecule has 4 aromatic rings. The summed E-state index contributed by atoms with van der Waals surface area (Å²) in [5, 5.41) is 4.15. The van der Waals surface area contributed by atoms with Crippen LogP contribution in [0.15, 0.2) is 46.2 Å². The van der Waals surface area contributed by atoms with Gasteiger partial charge in [0.1, 0.15) is 5.75 Å². The standard InChI is InChI=1S/C24H25N5O3.ClH/c1-32-21-4-2-3-15-14(21)6-5-13-11-25-17(22(13)15)7-8-29-23(30)16-9-19-20(27-12-26-19)10-18(16)28-24(29)31;/h2-4,9-10,12-13,17,22,25H,5-8,11H2,1H3,(H,26,27)(H,28,31);1H/t13-,17?,22+;/m0./s1. The fraction of sp³-hybridized carbons (Fsp3) is 0.375. The molecular weight excluding hydrogens is 442 g/mol. The first-order chi connectivity index (χ1) is 15.6. The first kappa shape index (κ1) is 21.7. The lowest BCUT2D eigenvalue weighted by atomic mass is 9.73.